The van der Waals surface area contributed by atoms with Crippen molar-refractivity contribution in [2.45, 2.75) is 71.1 Å². The molecular weight excluding hydrogens is 247 g/mol. The van der Waals surface area contributed by atoms with Gasteiger partial charge in [-0.1, -0.05) is 64.7 Å². The zero-order valence-corrected chi connectivity index (χ0v) is 13.3. The summed E-state index contributed by atoms with van der Waals surface area (Å²) in [5, 5.41) is 0. The summed E-state index contributed by atoms with van der Waals surface area (Å²) in [4.78, 5) is 0. The maximum Gasteiger partial charge on any atom is 0.330 e. The Morgan fingerprint density at radius 1 is 0.722 bits per heavy atom. The van der Waals surface area contributed by atoms with E-state index in [1.807, 2.05) is 0 Å². The van der Waals surface area contributed by atoms with Gasteiger partial charge in [-0.15, -0.1) is 0 Å². The Labute approximate surface area is 113 Å². The monoisotopic (exact) mass is 278 g/mol. The molecule has 0 heterocycles. The average Bonchev–Trinajstić information content (AvgIpc) is 2.40. The standard InChI is InChI=1S/C14H31O3P/c1-4-5-6-7-8-9-10-11-12-13-14-18(15,16-2)17-3/h4-14H2,1-3H3. The number of hydrogen-bond donors (Lipinski definition) is 0. The van der Waals surface area contributed by atoms with Gasteiger partial charge in [0.2, 0.25) is 0 Å². The van der Waals surface area contributed by atoms with Gasteiger partial charge in [-0.2, -0.15) is 0 Å². The highest BCUT2D eigenvalue weighted by atomic mass is 31.2. The third-order valence-corrected chi connectivity index (χ3v) is 5.32. The van der Waals surface area contributed by atoms with E-state index in [9.17, 15) is 4.57 Å². The van der Waals surface area contributed by atoms with Crippen molar-refractivity contribution < 1.29 is 13.6 Å². The lowest BCUT2D eigenvalue weighted by atomic mass is 10.1. The first kappa shape index (κ1) is 18.1. The first-order valence-electron chi connectivity index (χ1n) is 7.39. The Morgan fingerprint density at radius 3 is 1.50 bits per heavy atom. The van der Waals surface area contributed by atoms with Crippen LogP contribution in [0.25, 0.3) is 0 Å². The van der Waals surface area contributed by atoms with Crippen LogP contribution < -0.4 is 0 Å². The maximum absolute atomic E-state index is 11.7. The van der Waals surface area contributed by atoms with Gasteiger partial charge in [0.05, 0.1) is 6.16 Å². The van der Waals surface area contributed by atoms with Crippen LogP contribution in [0.1, 0.15) is 71.1 Å². The summed E-state index contributed by atoms with van der Waals surface area (Å²) >= 11 is 0. The molecule has 0 aromatic heterocycles. The van der Waals surface area contributed by atoms with Crippen LogP contribution in [0, 0.1) is 0 Å². The van der Waals surface area contributed by atoms with Crippen LogP contribution in [0.2, 0.25) is 0 Å². The second-order valence-electron chi connectivity index (χ2n) is 4.88. The average molecular weight is 278 g/mol. The van der Waals surface area contributed by atoms with E-state index in [1.165, 1.54) is 65.6 Å². The third kappa shape index (κ3) is 10.1. The van der Waals surface area contributed by atoms with Gasteiger partial charge in [-0.25, -0.2) is 0 Å². The molecule has 3 nitrogen and oxygen atoms in total. The number of unbranched alkanes of at least 4 members (excludes halogenated alkanes) is 9. The first-order chi connectivity index (χ1) is 8.68. The van der Waals surface area contributed by atoms with E-state index in [2.05, 4.69) is 6.92 Å². The molecule has 0 aliphatic carbocycles. The molecule has 0 fully saturated rings. The second-order valence-corrected chi connectivity index (χ2v) is 7.28. The molecule has 0 aliphatic rings. The quantitative estimate of drug-likeness (QED) is 0.334. The van der Waals surface area contributed by atoms with Gasteiger partial charge in [-0.3, -0.25) is 4.57 Å². The minimum absolute atomic E-state index is 0.552. The molecule has 0 bridgehead atoms. The van der Waals surface area contributed by atoms with E-state index in [-0.39, 0.29) is 0 Å². The highest BCUT2D eigenvalue weighted by molar-refractivity contribution is 7.53. The molecule has 0 amide bonds. The SMILES string of the molecule is CCCCCCCCCCCCP(=O)(OC)OC. The highest BCUT2D eigenvalue weighted by Crippen LogP contribution is 2.47. The molecule has 0 unspecified atom stereocenters. The summed E-state index contributed by atoms with van der Waals surface area (Å²) < 4.78 is 21.5. The van der Waals surface area contributed by atoms with Gasteiger partial charge in [0, 0.05) is 14.2 Å². The Hall–Kier alpha value is 0.150. The molecule has 0 saturated carbocycles. The fourth-order valence-electron chi connectivity index (χ4n) is 2.05. The van der Waals surface area contributed by atoms with E-state index in [0.717, 1.165) is 12.8 Å². The Morgan fingerprint density at radius 2 is 1.11 bits per heavy atom. The van der Waals surface area contributed by atoms with E-state index in [4.69, 9.17) is 9.05 Å². The summed E-state index contributed by atoms with van der Waals surface area (Å²) in [6, 6.07) is 0. The van der Waals surface area contributed by atoms with Crippen LogP contribution in [-0.2, 0) is 13.6 Å². The zero-order valence-electron chi connectivity index (χ0n) is 12.5. The third-order valence-electron chi connectivity index (χ3n) is 3.34. The van der Waals surface area contributed by atoms with E-state index < -0.39 is 7.60 Å². The minimum Gasteiger partial charge on any atom is -0.312 e. The Kier molecular flexibility index (Phi) is 12.3. The van der Waals surface area contributed by atoms with Gasteiger partial charge in [0.1, 0.15) is 0 Å². The molecule has 0 spiro atoms. The van der Waals surface area contributed by atoms with Gasteiger partial charge >= 0.3 is 7.60 Å². The molecule has 110 valence electrons. The van der Waals surface area contributed by atoms with E-state index >= 15 is 0 Å². The van der Waals surface area contributed by atoms with E-state index in [1.54, 1.807) is 0 Å². The van der Waals surface area contributed by atoms with Crippen LogP contribution >= 0.6 is 7.60 Å². The summed E-state index contributed by atoms with van der Waals surface area (Å²) in [6.07, 6.45) is 13.3. The van der Waals surface area contributed by atoms with Crippen LogP contribution in [-0.4, -0.2) is 20.4 Å². The lowest BCUT2D eigenvalue weighted by molar-refractivity contribution is 0.275. The van der Waals surface area contributed by atoms with E-state index in [0.29, 0.717) is 6.16 Å². The molecule has 0 radical (unpaired) electrons. The molecule has 0 rings (SSSR count). The predicted molar refractivity (Wildman–Crippen MR) is 78.3 cm³/mol. The van der Waals surface area contributed by atoms with Crippen molar-refractivity contribution >= 4 is 7.60 Å². The van der Waals surface area contributed by atoms with Crippen molar-refractivity contribution in [3.63, 3.8) is 0 Å². The minimum atomic E-state index is -2.76. The molecule has 4 heteroatoms. The topological polar surface area (TPSA) is 35.5 Å². The number of rotatable bonds is 13. The van der Waals surface area contributed by atoms with Crippen molar-refractivity contribution in [3.8, 4) is 0 Å². The van der Waals surface area contributed by atoms with Crippen molar-refractivity contribution in [2.24, 2.45) is 0 Å². The molecule has 0 saturated heterocycles. The second kappa shape index (κ2) is 12.2. The van der Waals surface area contributed by atoms with Crippen LogP contribution in [0.15, 0.2) is 0 Å². The van der Waals surface area contributed by atoms with Gasteiger partial charge in [0.15, 0.2) is 0 Å². The maximum atomic E-state index is 11.7. The molecule has 0 aromatic rings. The molecule has 0 aliphatic heterocycles. The summed E-state index contributed by atoms with van der Waals surface area (Å²) in [7, 11) is 0.163. The fourth-order valence-corrected chi connectivity index (χ4v) is 3.18. The fraction of sp³-hybridized carbons (Fsp3) is 1.00. The molecule has 0 N–H and O–H groups in total. The number of hydrogen-bond acceptors (Lipinski definition) is 3. The first-order valence-corrected chi connectivity index (χ1v) is 9.12. The van der Waals surface area contributed by atoms with Gasteiger partial charge in [0.25, 0.3) is 0 Å². The van der Waals surface area contributed by atoms with Crippen LogP contribution in [0.5, 0.6) is 0 Å². The lowest BCUT2D eigenvalue weighted by Crippen LogP contribution is -1.94. The van der Waals surface area contributed by atoms with Crippen LogP contribution in [0.4, 0.5) is 0 Å². The molecule has 18 heavy (non-hydrogen) atoms. The molecule has 0 atom stereocenters. The van der Waals surface area contributed by atoms with Crippen molar-refractivity contribution in [3.05, 3.63) is 0 Å². The van der Waals surface area contributed by atoms with Gasteiger partial charge < -0.3 is 9.05 Å². The summed E-state index contributed by atoms with van der Waals surface area (Å²) in [6.45, 7) is 2.25. The normalized spacial score (nSPS) is 11.9. The van der Waals surface area contributed by atoms with Gasteiger partial charge in [-0.05, 0) is 6.42 Å². The predicted octanol–water partition coefficient (Wildman–Crippen LogP) is 5.39. The Balaban J connectivity index is 3.23. The largest absolute Gasteiger partial charge is 0.330 e. The summed E-state index contributed by atoms with van der Waals surface area (Å²) in [5.41, 5.74) is 0. The van der Waals surface area contributed by atoms with Crippen molar-refractivity contribution in [2.75, 3.05) is 20.4 Å². The zero-order chi connectivity index (χ0) is 13.7. The molecular formula is C14H31O3P. The van der Waals surface area contributed by atoms with Crippen molar-refractivity contribution in [1.29, 1.82) is 0 Å². The lowest BCUT2D eigenvalue weighted by Gasteiger charge is -2.12. The van der Waals surface area contributed by atoms with Crippen LogP contribution in [0.3, 0.4) is 0 Å². The van der Waals surface area contributed by atoms with Crippen molar-refractivity contribution in [1.82, 2.24) is 0 Å². The highest BCUT2D eigenvalue weighted by Gasteiger charge is 2.19. The Bertz CT molecular complexity index is 211. The smallest absolute Gasteiger partial charge is 0.312 e. The molecule has 0 aromatic carbocycles. The summed E-state index contributed by atoms with van der Waals surface area (Å²) in [5.74, 6) is 0.